The van der Waals surface area contributed by atoms with Crippen molar-refractivity contribution in [1.29, 1.82) is 0 Å². The number of rotatable bonds is 3. The molecular formula is C50H30S. The molecule has 1 heteroatoms. The Labute approximate surface area is 299 Å². The van der Waals surface area contributed by atoms with Gasteiger partial charge in [0.25, 0.3) is 0 Å². The van der Waals surface area contributed by atoms with E-state index in [0.29, 0.717) is 0 Å². The summed E-state index contributed by atoms with van der Waals surface area (Å²) in [5.74, 6) is 0. The Hall–Kier alpha value is -6.28. The van der Waals surface area contributed by atoms with Gasteiger partial charge in [0.15, 0.2) is 0 Å². The molecule has 11 aromatic rings. The number of fused-ring (bicyclic) bond motifs is 11. The van der Waals surface area contributed by atoms with Crippen LogP contribution in [0.2, 0.25) is 0 Å². The minimum Gasteiger partial charge on any atom is -0.135 e. The average molecular weight is 663 g/mol. The molecule has 0 radical (unpaired) electrons. The third kappa shape index (κ3) is 4.32. The van der Waals surface area contributed by atoms with Gasteiger partial charge < -0.3 is 0 Å². The molecule has 0 saturated carbocycles. The Morgan fingerprint density at radius 3 is 1.29 bits per heavy atom. The zero-order chi connectivity index (χ0) is 33.5. The van der Waals surface area contributed by atoms with Crippen molar-refractivity contribution in [3.8, 4) is 33.4 Å². The van der Waals surface area contributed by atoms with Crippen LogP contribution in [0.3, 0.4) is 0 Å². The molecule has 1 heterocycles. The van der Waals surface area contributed by atoms with Crippen molar-refractivity contribution in [1.82, 2.24) is 0 Å². The lowest BCUT2D eigenvalue weighted by Gasteiger charge is -2.19. The Balaban J connectivity index is 1.18. The van der Waals surface area contributed by atoms with Crippen molar-refractivity contribution in [2.75, 3.05) is 0 Å². The van der Waals surface area contributed by atoms with Crippen LogP contribution in [-0.2, 0) is 0 Å². The van der Waals surface area contributed by atoms with E-state index in [2.05, 4.69) is 182 Å². The van der Waals surface area contributed by atoms with Crippen LogP contribution in [0.25, 0.3) is 107 Å². The van der Waals surface area contributed by atoms with Crippen LogP contribution < -0.4 is 0 Å². The van der Waals surface area contributed by atoms with E-state index < -0.39 is 0 Å². The Bertz CT molecular complexity index is 3110. The second-order valence-corrected chi connectivity index (χ2v) is 14.7. The summed E-state index contributed by atoms with van der Waals surface area (Å²) in [5, 5.41) is 15.6. The van der Waals surface area contributed by atoms with Gasteiger partial charge in [-0.1, -0.05) is 158 Å². The summed E-state index contributed by atoms with van der Waals surface area (Å²) < 4.78 is 2.69. The van der Waals surface area contributed by atoms with Crippen molar-refractivity contribution in [2.45, 2.75) is 0 Å². The first kappa shape index (κ1) is 28.5. The molecule has 0 aliphatic carbocycles. The summed E-state index contributed by atoms with van der Waals surface area (Å²) in [4.78, 5) is 0. The molecule has 0 spiro atoms. The first-order valence-electron chi connectivity index (χ1n) is 17.6. The Morgan fingerprint density at radius 1 is 0.216 bits per heavy atom. The molecule has 0 amide bonds. The monoisotopic (exact) mass is 662 g/mol. The summed E-state index contributed by atoms with van der Waals surface area (Å²) in [7, 11) is 0. The molecule has 0 fully saturated rings. The van der Waals surface area contributed by atoms with Crippen LogP contribution in [0.1, 0.15) is 0 Å². The van der Waals surface area contributed by atoms with Gasteiger partial charge in [-0.15, -0.1) is 11.3 Å². The van der Waals surface area contributed by atoms with Crippen molar-refractivity contribution in [3.63, 3.8) is 0 Å². The fourth-order valence-electron chi connectivity index (χ4n) is 8.54. The van der Waals surface area contributed by atoms with E-state index in [9.17, 15) is 0 Å². The lowest BCUT2D eigenvalue weighted by atomic mass is 9.84. The highest BCUT2D eigenvalue weighted by molar-refractivity contribution is 7.25. The lowest BCUT2D eigenvalue weighted by molar-refractivity contribution is 1.61. The molecular weight excluding hydrogens is 633 g/mol. The summed E-state index contributed by atoms with van der Waals surface area (Å²) in [6, 6.07) is 67.5. The maximum absolute atomic E-state index is 2.45. The maximum Gasteiger partial charge on any atom is 0.0362 e. The highest BCUT2D eigenvalue weighted by atomic mass is 32.1. The van der Waals surface area contributed by atoms with E-state index in [1.807, 2.05) is 11.3 Å². The van der Waals surface area contributed by atoms with Gasteiger partial charge in [-0.3, -0.25) is 0 Å². The van der Waals surface area contributed by atoms with Crippen molar-refractivity contribution in [3.05, 3.63) is 182 Å². The quantitative estimate of drug-likeness (QED) is 0.130. The number of benzene rings is 10. The molecule has 0 bridgehead atoms. The van der Waals surface area contributed by atoms with E-state index >= 15 is 0 Å². The smallest absolute Gasteiger partial charge is 0.0362 e. The number of thiophene rings is 1. The van der Waals surface area contributed by atoms with Gasteiger partial charge in [-0.05, 0) is 112 Å². The van der Waals surface area contributed by atoms with Crippen LogP contribution in [0.4, 0.5) is 0 Å². The van der Waals surface area contributed by atoms with E-state index in [1.54, 1.807) is 0 Å². The minimum atomic E-state index is 1.23. The molecule has 51 heavy (non-hydrogen) atoms. The van der Waals surface area contributed by atoms with Gasteiger partial charge >= 0.3 is 0 Å². The predicted molar refractivity (Wildman–Crippen MR) is 223 cm³/mol. The molecule has 0 N–H and O–H groups in total. The minimum absolute atomic E-state index is 1.23. The highest BCUT2D eigenvalue weighted by Crippen LogP contribution is 2.46. The average Bonchev–Trinajstić information content (AvgIpc) is 3.57. The Morgan fingerprint density at radius 2 is 0.647 bits per heavy atom. The van der Waals surface area contributed by atoms with E-state index in [-0.39, 0.29) is 0 Å². The second kappa shape index (κ2) is 11.1. The fourth-order valence-corrected chi connectivity index (χ4v) is 9.66. The third-order valence-electron chi connectivity index (χ3n) is 10.8. The fraction of sp³-hybridized carbons (Fsp3) is 0. The summed E-state index contributed by atoms with van der Waals surface area (Å²) >= 11 is 1.89. The molecule has 1 aromatic heterocycles. The number of hydrogen-bond donors (Lipinski definition) is 0. The number of hydrogen-bond acceptors (Lipinski definition) is 1. The van der Waals surface area contributed by atoms with Crippen LogP contribution in [0.15, 0.2) is 182 Å². The molecule has 10 aromatic carbocycles. The lowest BCUT2D eigenvalue weighted by Crippen LogP contribution is -1.91. The standard InChI is InChI=1S/C50H30S/c1-2-12-31(13-3-1)32-22-24-33(25-23-32)49-39-17-6-8-19-41(39)50(42-20-9-7-18-40(42)49)34-26-27-37-43(28-34)35-14-4-5-15-36(35)45-30-48-46(29-44(37)45)38-16-10-11-21-47(38)51-48/h1-30H. The van der Waals surface area contributed by atoms with Gasteiger partial charge in [0.05, 0.1) is 0 Å². The molecule has 0 atom stereocenters. The maximum atomic E-state index is 2.45. The SMILES string of the molecule is c1ccc(-c2ccc(-c3c4ccccc4c(-c4ccc5c(c4)c4ccccc4c4cc6sc7ccccc7c6cc54)c4ccccc34)cc2)cc1. The highest BCUT2D eigenvalue weighted by Gasteiger charge is 2.18. The third-order valence-corrected chi connectivity index (χ3v) is 12.0. The molecule has 11 rings (SSSR count). The summed E-state index contributed by atoms with van der Waals surface area (Å²) in [6.45, 7) is 0. The van der Waals surface area contributed by atoms with Gasteiger partial charge in [0.1, 0.15) is 0 Å². The van der Waals surface area contributed by atoms with Crippen LogP contribution >= 0.6 is 11.3 Å². The molecule has 0 saturated heterocycles. The van der Waals surface area contributed by atoms with Crippen molar-refractivity contribution >= 4 is 85.4 Å². The van der Waals surface area contributed by atoms with E-state index in [0.717, 1.165) is 0 Å². The first-order chi connectivity index (χ1) is 25.3. The van der Waals surface area contributed by atoms with Crippen molar-refractivity contribution < 1.29 is 0 Å². The van der Waals surface area contributed by atoms with Crippen LogP contribution in [0.5, 0.6) is 0 Å². The predicted octanol–water partition coefficient (Wildman–Crippen LogP) is 14.8. The molecule has 0 nitrogen and oxygen atoms in total. The van der Waals surface area contributed by atoms with Gasteiger partial charge in [0, 0.05) is 20.2 Å². The largest absolute Gasteiger partial charge is 0.135 e. The normalized spacial score (nSPS) is 11.9. The summed E-state index contributed by atoms with van der Waals surface area (Å²) in [6.07, 6.45) is 0. The van der Waals surface area contributed by atoms with Gasteiger partial charge in [-0.2, -0.15) is 0 Å². The molecule has 236 valence electrons. The van der Waals surface area contributed by atoms with Crippen LogP contribution in [-0.4, -0.2) is 0 Å². The molecule has 0 aliphatic heterocycles. The Kier molecular flexibility index (Phi) is 6.22. The van der Waals surface area contributed by atoms with E-state index in [4.69, 9.17) is 0 Å². The van der Waals surface area contributed by atoms with Crippen LogP contribution in [0, 0.1) is 0 Å². The topological polar surface area (TPSA) is 0 Å². The first-order valence-corrected chi connectivity index (χ1v) is 18.4. The zero-order valence-corrected chi connectivity index (χ0v) is 28.5. The zero-order valence-electron chi connectivity index (χ0n) is 27.7. The van der Waals surface area contributed by atoms with E-state index in [1.165, 1.54) is 107 Å². The van der Waals surface area contributed by atoms with Gasteiger partial charge in [0.2, 0.25) is 0 Å². The summed E-state index contributed by atoms with van der Waals surface area (Å²) in [5.41, 5.74) is 7.52. The molecule has 0 aliphatic rings. The second-order valence-electron chi connectivity index (χ2n) is 13.6. The van der Waals surface area contributed by atoms with Crippen molar-refractivity contribution in [2.24, 2.45) is 0 Å². The molecule has 0 unspecified atom stereocenters. The van der Waals surface area contributed by atoms with Gasteiger partial charge in [-0.25, -0.2) is 0 Å².